The lowest BCUT2D eigenvalue weighted by Gasteiger charge is -2.14. The van der Waals surface area contributed by atoms with Gasteiger partial charge < -0.3 is 4.74 Å². The first-order valence-corrected chi connectivity index (χ1v) is 8.52. The van der Waals surface area contributed by atoms with Crippen LogP contribution in [-0.2, 0) is 21.2 Å². The van der Waals surface area contributed by atoms with Crippen molar-refractivity contribution in [1.29, 1.82) is 0 Å². The molecule has 0 aliphatic carbocycles. The molecule has 4 nitrogen and oxygen atoms in total. The molecule has 0 amide bonds. The zero-order chi connectivity index (χ0) is 13.6. The molecule has 0 radical (unpaired) electrons. The molecule has 1 aromatic heterocycles. The highest BCUT2D eigenvalue weighted by atomic mass is 35.5. The van der Waals surface area contributed by atoms with Gasteiger partial charge in [-0.1, -0.05) is 6.92 Å². The minimum Gasteiger partial charge on any atom is -0.385 e. The number of alkyl halides is 1. The first kappa shape index (κ1) is 15.9. The van der Waals surface area contributed by atoms with Crippen molar-refractivity contribution >= 4 is 33.0 Å². The number of methoxy groups -OCH3 is 1. The zero-order valence-electron chi connectivity index (χ0n) is 10.5. The highest BCUT2D eigenvalue weighted by Gasteiger charge is 2.21. The van der Waals surface area contributed by atoms with Crippen LogP contribution in [0.3, 0.4) is 0 Å². The van der Waals surface area contributed by atoms with Crippen LogP contribution in [0.5, 0.6) is 0 Å². The molecule has 0 saturated carbocycles. The van der Waals surface area contributed by atoms with E-state index in [-0.39, 0.29) is 11.9 Å². The van der Waals surface area contributed by atoms with Crippen LogP contribution in [0.15, 0.2) is 16.3 Å². The average Bonchev–Trinajstić information content (AvgIpc) is 2.83. The van der Waals surface area contributed by atoms with Crippen LogP contribution in [0.2, 0.25) is 0 Å². The summed E-state index contributed by atoms with van der Waals surface area (Å²) in [7, 11) is -1.89. The SMILES string of the molecule is CCc1ccc(S(=O)(=O)NC(CCl)CCOC)s1. The van der Waals surface area contributed by atoms with E-state index in [1.54, 1.807) is 13.2 Å². The molecule has 1 aromatic rings. The largest absolute Gasteiger partial charge is 0.385 e. The van der Waals surface area contributed by atoms with E-state index in [0.717, 1.165) is 11.3 Å². The van der Waals surface area contributed by atoms with Crippen molar-refractivity contribution < 1.29 is 13.2 Å². The van der Waals surface area contributed by atoms with E-state index < -0.39 is 10.0 Å². The van der Waals surface area contributed by atoms with Gasteiger partial charge in [-0.2, -0.15) is 0 Å². The Labute approximate surface area is 117 Å². The van der Waals surface area contributed by atoms with Gasteiger partial charge in [0.15, 0.2) is 0 Å². The second-order valence-electron chi connectivity index (χ2n) is 3.83. The molecule has 1 heterocycles. The highest BCUT2D eigenvalue weighted by molar-refractivity contribution is 7.91. The van der Waals surface area contributed by atoms with Gasteiger partial charge in [0.2, 0.25) is 10.0 Å². The Hall–Kier alpha value is -0.140. The van der Waals surface area contributed by atoms with E-state index in [1.807, 2.05) is 13.0 Å². The minimum atomic E-state index is -3.46. The lowest BCUT2D eigenvalue weighted by Crippen LogP contribution is -2.36. The third kappa shape index (κ3) is 4.51. The van der Waals surface area contributed by atoms with Crippen molar-refractivity contribution in [2.75, 3.05) is 19.6 Å². The Balaban J connectivity index is 2.73. The minimum absolute atomic E-state index is 0.231. The summed E-state index contributed by atoms with van der Waals surface area (Å²) in [6.45, 7) is 2.47. The Morgan fingerprint density at radius 3 is 2.72 bits per heavy atom. The van der Waals surface area contributed by atoms with E-state index in [9.17, 15) is 8.42 Å². The predicted octanol–water partition coefficient (Wildman–Crippen LogP) is 2.23. The normalized spacial score (nSPS) is 13.7. The lowest BCUT2D eigenvalue weighted by atomic mass is 10.3. The molecule has 0 aliphatic heterocycles. The first-order valence-electron chi connectivity index (χ1n) is 5.69. The fraction of sp³-hybridized carbons (Fsp3) is 0.636. The maximum Gasteiger partial charge on any atom is 0.250 e. The predicted molar refractivity (Wildman–Crippen MR) is 75.0 cm³/mol. The van der Waals surface area contributed by atoms with Gasteiger partial charge in [0.1, 0.15) is 4.21 Å². The van der Waals surface area contributed by atoms with Gasteiger partial charge in [-0.25, -0.2) is 13.1 Å². The quantitative estimate of drug-likeness (QED) is 0.749. The van der Waals surface area contributed by atoms with Crippen LogP contribution in [0.4, 0.5) is 0 Å². The molecule has 18 heavy (non-hydrogen) atoms. The second-order valence-corrected chi connectivity index (χ2v) is 7.25. The molecule has 104 valence electrons. The number of aryl methyl sites for hydroxylation is 1. The molecular weight excluding hydrogens is 294 g/mol. The second kappa shape index (κ2) is 7.45. The number of halogens is 1. The molecule has 1 atom stereocenters. The fourth-order valence-electron chi connectivity index (χ4n) is 1.40. The van der Waals surface area contributed by atoms with E-state index in [4.69, 9.17) is 16.3 Å². The summed E-state index contributed by atoms with van der Waals surface area (Å²) < 4.78 is 32.1. The van der Waals surface area contributed by atoms with Crippen LogP contribution >= 0.6 is 22.9 Å². The van der Waals surface area contributed by atoms with Crippen LogP contribution < -0.4 is 4.72 Å². The average molecular weight is 312 g/mol. The van der Waals surface area contributed by atoms with Gasteiger partial charge >= 0.3 is 0 Å². The molecule has 1 rings (SSSR count). The topological polar surface area (TPSA) is 55.4 Å². The van der Waals surface area contributed by atoms with Gasteiger partial charge in [-0.15, -0.1) is 22.9 Å². The number of nitrogens with one attached hydrogen (secondary N) is 1. The molecule has 1 N–H and O–H groups in total. The van der Waals surface area contributed by atoms with Gasteiger partial charge in [0.05, 0.1) is 0 Å². The lowest BCUT2D eigenvalue weighted by molar-refractivity contribution is 0.188. The van der Waals surface area contributed by atoms with Crippen LogP contribution in [0, 0.1) is 0 Å². The number of hydrogen-bond donors (Lipinski definition) is 1. The third-order valence-corrected chi connectivity index (χ3v) is 6.04. The maximum atomic E-state index is 12.1. The summed E-state index contributed by atoms with van der Waals surface area (Å²) in [5.74, 6) is 0.231. The number of ether oxygens (including phenoxy) is 1. The highest BCUT2D eigenvalue weighted by Crippen LogP contribution is 2.22. The first-order chi connectivity index (χ1) is 8.53. The van der Waals surface area contributed by atoms with Crippen molar-refractivity contribution in [1.82, 2.24) is 4.72 Å². The summed E-state index contributed by atoms with van der Waals surface area (Å²) >= 11 is 7.04. The molecule has 1 unspecified atom stereocenters. The van der Waals surface area contributed by atoms with Gasteiger partial charge in [0, 0.05) is 30.5 Å². The van der Waals surface area contributed by atoms with Crippen LogP contribution in [0.25, 0.3) is 0 Å². The molecule has 0 fully saturated rings. The van der Waals surface area contributed by atoms with E-state index in [1.165, 1.54) is 11.3 Å². The van der Waals surface area contributed by atoms with Gasteiger partial charge in [-0.05, 0) is 25.0 Å². The Bertz CT molecular complexity index is 459. The van der Waals surface area contributed by atoms with E-state index >= 15 is 0 Å². The number of hydrogen-bond acceptors (Lipinski definition) is 4. The molecule has 0 aromatic carbocycles. The summed E-state index contributed by atoms with van der Waals surface area (Å²) in [5.41, 5.74) is 0. The summed E-state index contributed by atoms with van der Waals surface area (Å²) in [5, 5.41) is 0. The third-order valence-electron chi connectivity index (χ3n) is 2.43. The fourth-order valence-corrected chi connectivity index (χ4v) is 4.30. The van der Waals surface area contributed by atoms with Gasteiger partial charge in [-0.3, -0.25) is 0 Å². The number of sulfonamides is 1. The molecule has 7 heteroatoms. The molecular formula is C11H18ClNO3S2. The Morgan fingerprint density at radius 1 is 1.50 bits per heavy atom. The summed E-state index contributed by atoms with van der Waals surface area (Å²) in [6, 6.07) is 3.17. The zero-order valence-corrected chi connectivity index (χ0v) is 12.9. The molecule has 0 aliphatic rings. The van der Waals surface area contributed by atoms with E-state index in [2.05, 4.69) is 4.72 Å². The van der Waals surface area contributed by atoms with Crippen molar-refractivity contribution in [3.8, 4) is 0 Å². The smallest absolute Gasteiger partial charge is 0.250 e. The maximum absolute atomic E-state index is 12.1. The van der Waals surface area contributed by atoms with Crippen LogP contribution in [0.1, 0.15) is 18.2 Å². The summed E-state index contributed by atoms with van der Waals surface area (Å²) in [4.78, 5) is 1.05. The standard InChI is InChI=1S/C11H18ClNO3S2/c1-3-10-4-5-11(17-10)18(14,15)13-9(8-12)6-7-16-2/h4-5,9,13H,3,6-8H2,1-2H3. The van der Waals surface area contributed by atoms with E-state index in [0.29, 0.717) is 17.2 Å². The molecule has 0 bridgehead atoms. The summed E-state index contributed by atoms with van der Waals surface area (Å²) in [6.07, 6.45) is 1.40. The van der Waals surface area contributed by atoms with Crippen molar-refractivity contribution in [2.24, 2.45) is 0 Å². The molecule has 0 spiro atoms. The number of thiophene rings is 1. The van der Waals surface area contributed by atoms with Crippen LogP contribution in [-0.4, -0.2) is 34.1 Å². The van der Waals surface area contributed by atoms with Crippen molar-refractivity contribution in [3.05, 3.63) is 17.0 Å². The Morgan fingerprint density at radius 2 is 2.22 bits per heavy atom. The monoisotopic (exact) mass is 311 g/mol. The Kier molecular flexibility index (Phi) is 6.59. The van der Waals surface area contributed by atoms with Gasteiger partial charge in [0.25, 0.3) is 0 Å². The van der Waals surface area contributed by atoms with Crippen molar-refractivity contribution in [2.45, 2.75) is 30.0 Å². The number of rotatable bonds is 8. The van der Waals surface area contributed by atoms with Crippen molar-refractivity contribution in [3.63, 3.8) is 0 Å². The molecule has 0 saturated heterocycles.